The zero-order valence-corrected chi connectivity index (χ0v) is 12.2. The van der Waals surface area contributed by atoms with Crippen molar-refractivity contribution in [1.29, 1.82) is 0 Å². The molecule has 7 heteroatoms. The molecule has 0 amide bonds. The van der Waals surface area contributed by atoms with Gasteiger partial charge in [0, 0.05) is 20.8 Å². The highest BCUT2D eigenvalue weighted by Crippen LogP contribution is 2.37. The van der Waals surface area contributed by atoms with Gasteiger partial charge in [0.1, 0.15) is 0 Å². The van der Waals surface area contributed by atoms with Gasteiger partial charge in [-0.3, -0.25) is 14.4 Å². The first-order valence-corrected chi connectivity index (χ1v) is 6.05. The minimum atomic E-state index is -1.33. The highest BCUT2D eigenvalue weighted by molar-refractivity contribution is 5.72. The molecule has 0 heterocycles. The first-order valence-electron chi connectivity index (χ1n) is 6.05. The highest BCUT2D eigenvalue weighted by atomic mass is 16.7. The summed E-state index contributed by atoms with van der Waals surface area (Å²) in [6.45, 7) is 3.55. The minimum absolute atomic E-state index is 0.0278. The number of carbonyl (C=O) groups is 3. The molecule has 114 valence electrons. The fraction of sp³-hybridized carbons (Fsp3) is 0.357. The Morgan fingerprint density at radius 1 is 0.952 bits per heavy atom. The normalized spacial score (nSPS) is 9.95. The maximum atomic E-state index is 11.2. The lowest BCUT2D eigenvalue weighted by Crippen LogP contribution is -2.17. The molecule has 0 radical (unpaired) electrons. The van der Waals surface area contributed by atoms with Crippen molar-refractivity contribution >= 4 is 17.9 Å². The van der Waals surface area contributed by atoms with Crippen LogP contribution in [0.3, 0.4) is 0 Å². The van der Waals surface area contributed by atoms with Crippen LogP contribution in [0, 0.1) is 0 Å². The number of para-hydroxylation sites is 1. The van der Waals surface area contributed by atoms with Crippen molar-refractivity contribution in [2.24, 2.45) is 0 Å². The Labute approximate surface area is 121 Å². The van der Waals surface area contributed by atoms with Gasteiger partial charge in [-0.05, 0) is 12.1 Å². The maximum absolute atomic E-state index is 11.2. The van der Waals surface area contributed by atoms with Crippen LogP contribution in [-0.2, 0) is 23.9 Å². The molecular weight excluding hydrogens is 280 g/mol. The summed E-state index contributed by atoms with van der Waals surface area (Å²) in [6.07, 6.45) is -1.33. The van der Waals surface area contributed by atoms with Crippen LogP contribution in [0.2, 0.25) is 0 Å². The standard InChI is InChI=1S/C14H16O7/c1-8(15)19-13-11(6-5-7-12(13)18-4)14(20-9(2)16)21-10(3)17/h5-7,14H,1-4H3. The molecule has 0 aliphatic rings. The van der Waals surface area contributed by atoms with Gasteiger partial charge < -0.3 is 18.9 Å². The summed E-state index contributed by atoms with van der Waals surface area (Å²) in [5.41, 5.74) is 0.190. The van der Waals surface area contributed by atoms with Crippen LogP contribution in [0.5, 0.6) is 11.5 Å². The van der Waals surface area contributed by atoms with Gasteiger partial charge in [-0.25, -0.2) is 0 Å². The molecule has 0 N–H and O–H groups in total. The summed E-state index contributed by atoms with van der Waals surface area (Å²) in [4.78, 5) is 33.5. The van der Waals surface area contributed by atoms with Crippen LogP contribution in [0.4, 0.5) is 0 Å². The van der Waals surface area contributed by atoms with E-state index in [1.807, 2.05) is 0 Å². The zero-order chi connectivity index (χ0) is 16.0. The van der Waals surface area contributed by atoms with E-state index in [2.05, 4.69) is 0 Å². The molecule has 1 aromatic rings. The topological polar surface area (TPSA) is 88.1 Å². The Morgan fingerprint density at radius 2 is 1.52 bits per heavy atom. The van der Waals surface area contributed by atoms with Crippen LogP contribution in [0.15, 0.2) is 18.2 Å². The van der Waals surface area contributed by atoms with Crippen molar-refractivity contribution in [2.45, 2.75) is 27.1 Å². The Hall–Kier alpha value is -2.57. The molecule has 0 aliphatic heterocycles. The van der Waals surface area contributed by atoms with Crippen molar-refractivity contribution < 1.29 is 33.3 Å². The van der Waals surface area contributed by atoms with Gasteiger partial charge in [-0.15, -0.1) is 0 Å². The molecule has 0 fully saturated rings. The highest BCUT2D eigenvalue weighted by Gasteiger charge is 2.25. The third-order valence-electron chi connectivity index (χ3n) is 2.28. The van der Waals surface area contributed by atoms with E-state index < -0.39 is 24.2 Å². The van der Waals surface area contributed by atoms with E-state index in [9.17, 15) is 14.4 Å². The van der Waals surface area contributed by atoms with Crippen LogP contribution in [0.25, 0.3) is 0 Å². The fourth-order valence-corrected chi connectivity index (χ4v) is 1.58. The lowest BCUT2D eigenvalue weighted by atomic mass is 10.1. The number of hydrogen-bond acceptors (Lipinski definition) is 7. The van der Waals surface area contributed by atoms with Crippen LogP contribution in [0.1, 0.15) is 32.6 Å². The van der Waals surface area contributed by atoms with E-state index in [0.29, 0.717) is 0 Å². The zero-order valence-electron chi connectivity index (χ0n) is 12.2. The molecule has 0 atom stereocenters. The number of ether oxygens (including phenoxy) is 4. The molecule has 0 bridgehead atoms. The third-order valence-corrected chi connectivity index (χ3v) is 2.28. The number of rotatable bonds is 5. The van der Waals surface area contributed by atoms with Gasteiger partial charge >= 0.3 is 17.9 Å². The quantitative estimate of drug-likeness (QED) is 0.464. The first kappa shape index (κ1) is 16.5. The number of methoxy groups -OCH3 is 1. The Kier molecular flexibility index (Phi) is 5.71. The van der Waals surface area contributed by atoms with Crippen molar-refractivity contribution in [1.82, 2.24) is 0 Å². The summed E-state index contributed by atoms with van der Waals surface area (Å²) >= 11 is 0. The smallest absolute Gasteiger partial charge is 0.308 e. The van der Waals surface area contributed by atoms with Crippen molar-refractivity contribution in [3.8, 4) is 11.5 Å². The Bertz CT molecular complexity index is 534. The van der Waals surface area contributed by atoms with E-state index in [0.717, 1.165) is 0 Å². The number of hydrogen-bond donors (Lipinski definition) is 0. The number of esters is 3. The average Bonchev–Trinajstić information content (AvgIpc) is 2.36. The molecule has 0 saturated heterocycles. The molecule has 1 aromatic carbocycles. The van der Waals surface area contributed by atoms with Crippen LogP contribution < -0.4 is 9.47 Å². The second-order valence-corrected chi connectivity index (χ2v) is 4.02. The molecule has 21 heavy (non-hydrogen) atoms. The molecule has 0 saturated carbocycles. The van der Waals surface area contributed by atoms with Gasteiger partial charge in [0.15, 0.2) is 11.5 Å². The molecule has 0 unspecified atom stereocenters. The molecule has 1 rings (SSSR count). The van der Waals surface area contributed by atoms with Crippen LogP contribution >= 0.6 is 0 Å². The predicted molar refractivity (Wildman–Crippen MR) is 70.6 cm³/mol. The average molecular weight is 296 g/mol. The van der Waals surface area contributed by atoms with Crippen LogP contribution in [-0.4, -0.2) is 25.0 Å². The number of carbonyl (C=O) groups excluding carboxylic acids is 3. The third kappa shape index (κ3) is 4.79. The summed E-state index contributed by atoms with van der Waals surface area (Å²) in [6, 6.07) is 4.64. The molecule has 0 aliphatic carbocycles. The summed E-state index contributed by atoms with van der Waals surface area (Å²) in [5.74, 6) is -1.63. The summed E-state index contributed by atoms with van der Waals surface area (Å²) in [5, 5.41) is 0. The van der Waals surface area contributed by atoms with E-state index in [1.54, 1.807) is 12.1 Å². The molecule has 0 aromatic heterocycles. The Balaban J connectivity index is 3.30. The summed E-state index contributed by atoms with van der Waals surface area (Å²) in [7, 11) is 1.39. The monoisotopic (exact) mass is 296 g/mol. The second kappa shape index (κ2) is 7.28. The van der Waals surface area contributed by atoms with E-state index in [1.165, 1.54) is 33.9 Å². The molecule has 7 nitrogen and oxygen atoms in total. The van der Waals surface area contributed by atoms with E-state index in [-0.39, 0.29) is 17.1 Å². The lowest BCUT2D eigenvalue weighted by molar-refractivity contribution is -0.186. The van der Waals surface area contributed by atoms with E-state index in [4.69, 9.17) is 18.9 Å². The second-order valence-electron chi connectivity index (χ2n) is 4.02. The largest absolute Gasteiger partial charge is 0.493 e. The van der Waals surface area contributed by atoms with Crippen molar-refractivity contribution in [2.75, 3.05) is 7.11 Å². The first-order chi connectivity index (χ1) is 9.85. The fourth-order valence-electron chi connectivity index (χ4n) is 1.58. The van der Waals surface area contributed by atoms with Gasteiger partial charge in [0.25, 0.3) is 6.29 Å². The minimum Gasteiger partial charge on any atom is -0.493 e. The maximum Gasteiger partial charge on any atom is 0.308 e. The predicted octanol–water partition coefficient (Wildman–Crippen LogP) is 1.75. The van der Waals surface area contributed by atoms with Gasteiger partial charge in [-0.1, -0.05) is 6.07 Å². The summed E-state index contributed by atoms with van der Waals surface area (Å²) < 4.78 is 20.0. The van der Waals surface area contributed by atoms with Gasteiger partial charge in [0.2, 0.25) is 0 Å². The molecule has 0 spiro atoms. The van der Waals surface area contributed by atoms with E-state index >= 15 is 0 Å². The lowest BCUT2D eigenvalue weighted by Gasteiger charge is -2.20. The number of benzene rings is 1. The van der Waals surface area contributed by atoms with Gasteiger partial charge in [0.05, 0.1) is 12.7 Å². The SMILES string of the molecule is COc1cccc(C(OC(C)=O)OC(C)=O)c1OC(C)=O. The van der Waals surface area contributed by atoms with Crippen molar-refractivity contribution in [3.05, 3.63) is 23.8 Å². The molecular formula is C14H16O7. The van der Waals surface area contributed by atoms with Crippen molar-refractivity contribution in [3.63, 3.8) is 0 Å². The van der Waals surface area contributed by atoms with Gasteiger partial charge in [-0.2, -0.15) is 0 Å². The Morgan fingerprint density at radius 3 is 1.95 bits per heavy atom.